The van der Waals surface area contributed by atoms with E-state index in [1.165, 1.54) is 38.5 Å². The van der Waals surface area contributed by atoms with Crippen molar-refractivity contribution in [3.05, 3.63) is 0 Å². The third kappa shape index (κ3) is 3.05. The Morgan fingerprint density at radius 2 is 1.24 bits per heavy atom. The molecule has 0 aromatic carbocycles. The van der Waals surface area contributed by atoms with Gasteiger partial charge in [-0.25, -0.2) is 0 Å². The Balaban J connectivity index is 1.94. The van der Waals surface area contributed by atoms with Crippen molar-refractivity contribution < 1.29 is 0 Å². The Hall–Kier alpha value is -0.0400. The van der Waals surface area contributed by atoms with Crippen LogP contribution in [0.2, 0.25) is 0 Å². The Morgan fingerprint density at radius 3 is 1.88 bits per heavy atom. The molecule has 2 aliphatic rings. The fourth-order valence-corrected chi connectivity index (χ4v) is 4.07. The molecule has 2 rings (SSSR count). The average Bonchev–Trinajstić information content (AvgIpc) is 2.29. The summed E-state index contributed by atoms with van der Waals surface area (Å²) in [4.78, 5) is 0. The second-order valence-electron chi connectivity index (χ2n) is 6.95. The molecule has 0 amide bonds. The fraction of sp³-hybridized carbons (Fsp3) is 1.00. The molecule has 1 N–H and O–H groups in total. The molecule has 2 saturated carbocycles. The van der Waals surface area contributed by atoms with Crippen LogP contribution in [0.15, 0.2) is 0 Å². The van der Waals surface area contributed by atoms with E-state index in [1.54, 1.807) is 0 Å². The van der Waals surface area contributed by atoms with Crippen LogP contribution in [0.5, 0.6) is 0 Å². The quantitative estimate of drug-likeness (QED) is 0.758. The number of hydrogen-bond donors (Lipinski definition) is 1. The van der Waals surface area contributed by atoms with Crippen molar-refractivity contribution in [2.45, 2.75) is 78.3 Å². The number of nitrogens with one attached hydrogen (secondary N) is 1. The van der Waals surface area contributed by atoms with Gasteiger partial charge in [-0.05, 0) is 42.9 Å². The summed E-state index contributed by atoms with van der Waals surface area (Å²) in [5.74, 6) is 3.53. The van der Waals surface area contributed by atoms with Gasteiger partial charge in [-0.3, -0.25) is 0 Å². The summed E-state index contributed by atoms with van der Waals surface area (Å²) >= 11 is 0. The predicted molar refractivity (Wildman–Crippen MR) is 75.1 cm³/mol. The zero-order chi connectivity index (χ0) is 12.4. The number of hydrogen-bond acceptors (Lipinski definition) is 1. The normalized spacial score (nSPS) is 48.0. The molecule has 1 nitrogen and oxygen atoms in total. The molecule has 1 heteroatoms. The first-order valence-electron chi connectivity index (χ1n) is 7.85. The van der Waals surface area contributed by atoms with Crippen LogP contribution in [0.1, 0.15) is 66.2 Å². The van der Waals surface area contributed by atoms with Gasteiger partial charge in [-0.15, -0.1) is 0 Å². The summed E-state index contributed by atoms with van der Waals surface area (Å²) in [5.41, 5.74) is 0. The highest BCUT2D eigenvalue weighted by molar-refractivity contribution is 4.90. The third-order valence-corrected chi connectivity index (χ3v) is 5.66. The molecule has 0 bridgehead atoms. The van der Waals surface area contributed by atoms with Crippen molar-refractivity contribution in [3.63, 3.8) is 0 Å². The molecule has 0 heterocycles. The van der Waals surface area contributed by atoms with Gasteiger partial charge in [0.15, 0.2) is 0 Å². The lowest BCUT2D eigenvalue weighted by molar-refractivity contribution is 0.135. The highest BCUT2D eigenvalue weighted by Crippen LogP contribution is 2.34. The zero-order valence-electron chi connectivity index (χ0n) is 12.2. The summed E-state index contributed by atoms with van der Waals surface area (Å²) in [6.07, 6.45) is 8.57. The molecule has 5 atom stereocenters. The molecule has 0 spiro atoms. The van der Waals surface area contributed by atoms with Gasteiger partial charge in [-0.2, -0.15) is 0 Å². The summed E-state index contributed by atoms with van der Waals surface area (Å²) in [5, 5.41) is 4.04. The van der Waals surface area contributed by atoms with E-state index in [2.05, 4.69) is 33.0 Å². The first-order chi connectivity index (χ1) is 8.09. The van der Waals surface area contributed by atoms with Crippen molar-refractivity contribution >= 4 is 0 Å². The van der Waals surface area contributed by atoms with Gasteiger partial charge in [0, 0.05) is 12.1 Å². The Labute approximate surface area is 108 Å². The lowest BCUT2D eigenvalue weighted by Gasteiger charge is -2.42. The monoisotopic (exact) mass is 237 g/mol. The summed E-state index contributed by atoms with van der Waals surface area (Å²) in [6.45, 7) is 9.79. The molecule has 0 aromatic heterocycles. The SMILES string of the molecule is CC1CCCC(NC2C(C)CCCC2C)C1C. The Kier molecular flexibility index (Phi) is 4.52. The maximum atomic E-state index is 4.04. The minimum absolute atomic E-state index is 0.779. The van der Waals surface area contributed by atoms with E-state index in [4.69, 9.17) is 0 Å². The fourth-order valence-electron chi connectivity index (χ4n) is 4.07. The summed E-state index contributed by atoms with van der Waals surface area (Å²) in [6, 6.07) is 1.56. The molecule has 0 aromatic rings. The smallest absolute Gasteiger partial charge is 0.0121 e. The second kappa shape index (κ2) is 5.73. The predicted octanol–water partition coefficient (Wildman–Crippen LogP) is 4.23. The molecule has 5 unspecified atom stereocenters. The first kappa shape index (κ1) is 13.4. The van der Waals surface area contributed by atoms with E-state index >= 15 is 0 Å². The van der Waals surface area contributed by atoms with Crippen LogP contribution in [-0.4, -0.2) is 12.1 Å². The minimum atomic E-state index is 0.779. The van der Waals surface area contributed by atoms with Crippen LogP contribution >= 0.6 is 0 Å². The van der Waals surface area contributed by atoms with Gasteiger partial charge >= 0.3 is 0 Å². The molecule has 0 saturated heterocycles. The lowest BCUT2D eigenvalue weighted by Crippen LogP contribution is -2.51. The van der Waals surface area contributed by atoms with Crippen LogP contribution in [0, 0.1) is 23.7 Å². The highest BCUT2D eigenvalue weighted by atomic mass is 15.0. The maximum Gasteiger partial charge on any atom is 0.0121 e. The van der Waals surface area contributed by atoms with Gasteiger partial charge in [0.1, 0.15) is 0 Å². The van der Waals surface area contributed by atoms with E-state index in [1.807, 2.05) is 0 Å². The van der Waals surface area contributed by atoms with Crippen LogP contribution < -0.4 is 5.32 Å². The highest BCUT2D eigenvalue weighted by Gasteiger charge is 2.33. The Bertz CT molecular complexity index is 228. The molecular formula is C16H31N. The average molecular weight is 237 g/mol. The van der Waals surface area contributed by atoms with Crippen molar-refractivity contribution in [3.8, 4) is 0 Å². The van der Waals surface area contributed by atoms with Crippen LogP contribution in [0.3, 0.4) is 0 Å². The van der Waals surface area contributed by atoms with E-state index < -0.39 is 0 Å². The maximum absolute atomic E-state index is 4.04. The van der Waals surface area contributed by atoms with E-state index in [9.17, 15) is 0 Å². The molecular weight excluding hydrogens is 206 g/mol. The Morgan fingerprint density at radius 1 is 0.706 bits per heavy atom. The van der Waals surface area contributed by atoms with Crippen LogP contribution in [-0.2, 0) is 0 Å². The molecule has 2 aliphatic carbocycles. The van der Waals surface area contributed by atoms with Crippen molar-refractivity contribution in [1.29, 1.82) is 0 Å². The summed E-state index contributed by atoms with van der Waals surface area (Å²) in [7, 11) is 0. The minimum Gasteiger partial charge on any atom is -0.310 e. The van der Waals surface area contributed by atoms with Gasteiger partial charge < -0.3 is 5.32 Å². The third-order valence-electron chi connectivity index (χ3n) is 5.66. The van der Waals surface area contributed by atoms with E-state index in [0.29, 0.717) is 0 Å². The van der Waals surface area contributed by atoms with Crippen molar-refractivity contribution in [2.24, 2.45) is 23.7 Å². The van der Waals surface area contributed by atoms with Crippen LogP contribution in [0.25, 0.3) is 0 Å². The van der Waals surface area contributed by atoms with Crippen molar-refractivity contribution in [1.82, 2.24) is 5.32 Å². The largest absolute Gasteiger partial charge is 0.310 e. The summed E-state index contributed by atoms with van der Waals surface area (Å²) < 4.78 is 0. The van der Waals surface area contributed by atoms with Crippen molar-refractivity contribution in [2.75, 3.05) is 0 Å². The number of rotatable bonds is 2. The van der Waals surface area contributed by atoms with Crippen LogP contribution in [0.4, 0.5) is 0 Å². The molecule has 0 aliphatic heterocycles. The van der Waals surface area contributed by atoms with Gasteiger partial charge in [-0.1, -0.05) is 47.0 Å². The van der Waals surface area contributed by atoms with Gasteiger partial charge in [0.25, 0.3) is 0 Å². The lowest BCUT2D eigenvalue weighted by atomic mass is 9.74. The first-order valence-corrected chi connectivity index (χ1v) is 7.85. The second-order valence-corrected chi connectivity index (χ2v) is 6.95. The molecule has 2 fully saturated rings. The molecule has 17 heavy (non-hydrogen) atoms. The van der Waals surface area contributed by atoms with E-state index in [-0.39, 0.29) is 0 Å². The standard InChI is InChI=1S/C16H31N/c1-11-7-6-10-15(14(11)4)17-16-12(2)8-5-9-13(16)3/h11-17H,5-10H2,1-4H3. The molecule has 0 radical (unpaired) electrons. The zero-order valence-corrected chi connectivity index (χ0v) is 12.2. The molecule has 100 valence electrons. The van der Waals surface area contributed by atoms with E-state index in [0.717, 1.165) is 35.8 Å². The van der Waals surface area contributed by atoms with Gasteiger partial charge in [0.2, 0.25) is 0 Å². The topological polar surface area (TPSA) is 12.0 Å². The van der Waals surface area contributed by atoms with Gasteiger partial charge in [0.05, 0.1) is 0 Å².